The Morgan fingerprint density at radius 2 is 1.95 bits per heavy atom. The van der Waals surface area contributed by atoms with E-state index in [1.165, 1.54) is 0 Å². The molecule has 104 valence electrons. The van der Waals surface area contributed by atoms with E-state index in [-0.39, 0.29) is 6.42 Å². The number of hydrogen-bond acceptors (Lipinski definition) is 4. The average Bonchev–Trinajstić information content (AvgIpc) is 2.42. The second kappa shape index (κ2) is 6.34. The number of aliphatic carboxylic acids is 1. The molecule has 0 aromatic heterocycles. The van der Waals surface area contributed by atoms with Gasteiger partial charge in [0.05, 0.1) is 18.4 Å². The minimum Gasteiger partial charge on any atom is -0.495 e. The van der Waals surface area contributed by atoms with Gasteiger partial charge in [-0.3, -0.25) is 4.79 Å². The standard InChI is InChI=1S/C15H15NO3S/c1-19-13-9-11(16)4-7-14(13)20-12-5-2-10(3-6-12)8-15(17)18/h2-7,9H,8,16H2,1H3,(H,17,18). The first-order valence-electron chi connectivity index (χ1n) is 6.00. The van der Waals surface area contributed by atoms with Crippen LogP contribution in [0, 0.1) is 0 Å². The molecular formula is C15H15NO3S. The molecule has 2 aromatic rings. The quantitative estimate of drug-likeness (QED) is 0.828. The number of carboxylic acids is 1. The summed E-state index contributed by atoms with van der Waals surface area (Å²) in [6.45, 7) is 0. The molecule has 0 saturated carbocycles. The molecule has 2 aromatic carbocycles. The zero-order valence-corrected chi connectivity index (χ0v) is 11.8. The number of nitrogens with two attached hydrogens (primary N) is 1. The number of carbonyl (C=O) groups is 1. The van der Waals surface area contributed by atoms with Crippen molar-refractivity contribution in [1.82, 2.24) is 0 Å². The molecule has 0 aliphatic carbocycles. The Balaban J connectivity index is 2.16. The fourth-order valence-corrected chi connectivity index (χ4v) is 2.65. The third kappa shape index (κ3) is 3.68. The first-order valence-corrected chi connectivity index (χ1v) is 6.82. The molecular weight excluding hydrogens is 274 g/mol. The second-order valence-corrected chi connectivity index (χ2v) is 5.34. The lowest BCUT2D eigenvalue weighted by atomic mass is 10.2. The normalized spacial score (nSPS) is 10.2. The van der Waals surface area contributed by atoms with Gasteiger partial charge in [0.15, 0.2) is 0 Å². The monoisotopic (exact) mass is 289 g/mol. The lowest BCUT2D eigenvalue weighted by molar-refractivity contribution is -0.136. The molecule has 0 spiro atoms. The minimum absolute atomic E-state index is 0.0378. The third-order valence-electron chi connectivity index (χ3n) is 2.69. The molecule has 0 heterocycles. The lowest BCUT2D eigenvalue weighted by Gasteiger charge is -2.09. The van der Waals surface area contributed by atoms with Crippen molar-refractivity contribution in [2.75, 3.05) is 12.8 Å². The van der Waals surface area contributed by atoms with Gasteiger partial charge in [0.1, 0.15) is 5.75 Å². The van der Waals surface area contributed by atoms with E-state index in [2.05, 4.69) is 0 Å². The molecule has 0 amide bonds. The molecule has 4 nitrogen and oxygen atoms in total. The van der Waals surface area contributed by atoms with Crippen molar-refractivity contribution < 1.29 is 14.6 Å². The van der Waals surface area contributed by atoms with Gasteiger partial charge in [0.25, 0.3) is 0 Å². The third-order valence-corrected chi connectivity index (χ3v) is 3.76. The van der Waals surface area contributed by atoms with Crippen LogP contribution in [0.1, 0.15) is 5.56 Å². The molecule has 0 bridgehead atoms. The van der Waals surface area contributed by atoms with Crippen LogP contribution in [0.2, 0.25) is 0 Å². The van der Waals surface area contributed by atoms with E-state index in [0.717, 1.165) is 21.1 Å². The van der Waals surface area contributed by atoms with Crippen molar-refractivity contribution >= 4 is 23.4 Å². The Hall–Kier alpha value is -2.14. The van der Waals surface area contributed by atoms with E-state index in [0.29, 0.717) is 5.69 Å². The molecule has 0 aliphatic rings. The van der Waals surface area contributed by atoms with Gasteiger partial charge in [-0.15, -0.1) is 0 Å². The van der Waals surface area contributed by atoms with E-state index >= 15 is 0 Å². The van der Waals surface area contributed by atoms with Crippen LogP contribution in [0.15, 0.2) is 52.3 Å². The molecule has 3 N–H and O–H groups in total. The summed E-state index contributed by atoms with van der Waals surface area (Å²) in [5.74, 6) is -0.102. The van der Waals surface area contributed by atoms with Crippen LogP contribution in [0.3, 0.4) is 0 Å². The Labute approximate surface area is 121 Å². The van der Waals surface area contributed by atoms with Crippen LogP contribution in [0.25, 0.3) is 0 Å². The average molecular weight is 289 g/mol. The largest absolute Gasteiger partial charge is 0.495 e. The van der Waals surface area contributed by atoms with Crippen molar-refractivity contribution in [3.63, 3.8) is 0 Å². The Kier molecular flexibility index (Phi) is 4.53. The van der Waals surface area contributed by atoms with Gasteiger partial charge in [-0.2, -0.15) is 0 Å². The Bertz CT molecular complexity index is 611. The number of hydrogen-bond donors (Lipinski definition) is 2. The molecule has 0 unspecified atom stereocenters. The van der Waals surface area contributed by atoms with Crippen molar-refractivity contribution in [1.29, 1.82) is 0 Å². The topological polar surface area (TPSA) is 72.5 Å². The predicted octanol–water partition coefficient (Wildman–Crippen LogP) is 3.06. The molecule has 0 saturated heterocycles. The number of rotatable bonds is 5. The van der Waals surface area contributed by atoms with Crippen molar-refractivity contribution in [2.45, 2.75) is 16.2 Å². The van der Waals surface area contributed by atoms with Gasteiger partial charge in [0, 0.05) is 16.6 Å². The summed E-state index contributed by atoms with van der Waals surface area (Å²) in [6.07, 6.45) is 0.0378. The summed E-state index contributed by atoms with van der Waals surface area (Å²) >= 11 is 1.55. The summed E-state index contributed by atoms with van der Waals surface area (Å²) in [5.41, 5.74) is 7.16. The smallest absolute Gasteiger partial charge is 0.307 e. The maximum Gasteiger partial charge on any atom is 0.307 e. The molecule has 0 atom stereocenters. The summed E-state index contributed by atoms with van der Waals surface area (Å²) in [6, 6.07) is 13.0. The fourth-order valence-electron chi connectivity index (χ4n) is 1.75. The maximum absolute atomic E-state index is 10.6. The molecule has 0 aliphatic heterocycles. The number of nitrogen functional groups attached to an aromatic ring is 1. The zero-order valence-electron chi connectivity index (χ0n) is 11.0. The van der Waals surface area contributed by atoms with Crippen molar-refractivity contribution in [3.05, 3.63) is 48.0 Å². The molecule has 20 heavy (non-hydrogen) atoms. The van der Waals surface area contributed by atoms with E-state index in [1.807, 2.05) is 36.4 Å². The van der Waals surface area contributed by atoms with Crippen LogP contribution in [-0.2, 0) is 11.2 Å². The van der Waals surface area contributed by atoms with E-state index < -0.39 is 5.97 Å². The highest BCUT2D eigenvalue weighted by atomic mass is 32.2. The van der Waals surface area contributed by atoms with Crippen LogP contribution in [0.5, 0.6) is 5.75 Å². The summed E-state index contributed by atoms with van der Waals surface area (Å²) < 4.78 is 5.30. The SMILES string of the molecule is COc1cc(N)ccc1Sc1ccc(CC(=O)O)cc1. The fraction of sp³-hybridized carbons (Fsp3) is 0.133. The molecule has 0 fully saturated rings. The van der Waals surface area contributed by atoms with Gasteiger partial charge < -0.3 is 15.6 Å². The van der Waals surface area contributed by atoms with Crippen molar-refractivity contribution in [3.8, 4) is 5.75 Å². The van der Waals surface area contributed by atoms with Gasteiger partial charge in [-0.1, -0.05) is 23.9 Å². The molecule has 5 heteroatoms. The first kappa shape index (κ1) is 14.3. The maximum atomic E-state index is 10.6. The van der Waals surface area contributed by atoms with Crippen LogP contribution in [0.4, 0.5) is 5.69 Å². The minimum atomic E-state index is -0.828. The number of ether oxygens (including phenoxy) is 1. The predicted molar refractivity (Wildman–Crippen MR) is 79.3 cm³/mol. The number of anilines is 1. The summed E-state index contributed by atoms with van der Waals surface area (Å²) in [5, 5.41) is 8.73. The van der Waals surface area contributed by atoms with Crippen LogP contribution >= 0.6 is 11.8 Å². The van der Waals surface area contributed by atoms with Crippen molar-refractivity contribution in [2.24, 2.45) is 0 Å². The molecule has 2 rings (SSSR count). The van der Waals surface area contributed by atoms with Crippen LogP contribution < -0.4 is 10.5 Å². The van der Waals surface area contributed by atoms with Gasteiger partial charge in [-0.25, -0.2) is 0 Å². The number of carboxylic acid groups (broad SMARTS) is 1. The second-order valence-electron chi connectivity index (χ2n) is 4.23. The Morgan fingerprint density at radius 3 is 2.55 bits per heavy atom. The Morgan fingerprint density at radius 1 is 1.25 bits per heavy atom. The van der Waals surface area contributed by atoms with E-state index in [9.17, 15) is 4.79 Å². The first-order chi connectivity index (χ1) is 9.58. The number of benzene rings is 2. The zero-order chi connectivity index (χ0) is 14.5. The highest BCUT2D eigenvalue weighted by molar-refractivity contribution is 7.99. The highest BCUT2D eigenvalue weighted by Crippen LogP contribution is 2.36. The van der Waals surface area contributed by atoms with Gasteiger partial charge >= 0.3 is 5.97 Å². The lowest BCUT2D eigenvalue weighted by Crippen LogP contribution is -1.99. The number of methoxy groups -OCH3 is 1. The van der Waals surface area contributed by atoms with Crippen LogP contribution in [-0.4, -0.2) is 18.2 Å². The van der Waals surface area contributed by atoms with E-state index in [4.69, 9.17) is 15.6 Å². The highest BCUT2D eigenvalue weighted by Gasteiger charge is 2.06. The van der Waals surface area contributed by atoms with Gasteiger partial charge in [-0.05, 0) is 29.8 Å². The van der Waals surface area contributed by atoms with E-state index in [1.54, 1.807) is 24.9 Å². The molecule has 0 radical (unpaired) electrons. The summed E-state index contributed by atoms with van der Waals surface area (Å²) in [4.78, 5) is 12.6. The van der Waals surface area contributed by atoms with Gasteiger partial charge in [0.2, 0.25) is 0 Å². The summed E-state index contributed by atoms with van der Waals surface area (Å²) in [7, 11) is 1.61.